The second-order valence-corrected chi connectivity index (χ2v) is 5.79. The van der Waals surface area contributed by atoms with Crippen molar-refractivity contribution in [2.24, 2.45) is 0 Å². The average Bonchev–Trinajstić information content (AvgIpc) is 2.46. The molecule has 118 valence electrons. The van der Waals surface area contributed by atoms with E-state index in [-0.39, 0.29) is 5.82 Å². The topological polar surface area (TPSA) is 35.7 Å². The molecule has 0 bridgehead atoms. The molecule has 1 saturated heterocycles. The van der Waals surface area contributed by atoms with Crippen molar-refractivity contribution in [1.82, 2.24) is 9.80 Å². The molecule has 2 rings (SSSR count). The van der Waals surface area contributed by atoms with Crippen molar-refractivity contribution in [3.63, 3.8) is 0 Å². The van der Waals surface area contributed by atoms with E-state index in [1.807, 2.05) is 0 Å². The highest BCUT2D eigenvalue weighted by Gasteiger charge is 2.14. The van der Waals surface area contributed by atoms with Crippen LogP contribution in [0.1, 0.15) is 13.3 Å². The highest BCUT2D eigenvalue weighted by atomic mass is 19.1. The fourth-order valence-electron chi connectivity index (χ4n) is 2.79. The van der Waals surface area contributed by atoms with Gasteiger partial charge in [0.1, 0.15) is 5.82 Å². The molecule has 1 fully saturated rings. The number of nitrogens with two attached hydrogens (primary N) is 1. The first kappa shape index (κ1) is 16.0. The second-order valence-electron chi connectivity index (χ2n) is 5.79. The van der Waals surface area contributed by atoms with Crippen molar-refractivity contribution in [2.45, 2.75) is 13.3 Å². The summed E-state index contributed by atoms with van der Waals surface area (Å²) in [4.78, 5) is 6.94. The second kappa shape index (κ2) is 7.61. The lowest BCUT2D eigenvalue weighted by molar-refractivity contribution is 0.153. The Labute approximate surface area is 127 Å². The monoisotopic (exact) mass is 294 g/mol. The average molecular weight is 294 g/mol. The Morgan fingerprint density at radius 2 is 1.95 bits per heavy atom. The molecule has 21 heavy (non-hydrogen) atoms. The number of benzene rings is 1. The maximum Gasteiger partial charge on any atom is 0.148 e. The van der Waals surface area contributed by atoms with E-state index in [0.29, 0.717) is 11.4 Å². The summed E-state index contributed by atoms with van der Waals surface area (Å²) in [6.07, 6.45) is 1.06. The Balaban J connectivity index is 1.82. The van der Waals surface area contributed by atoms with Gasteiger partial charge in [0.05, 0.1) is 5.69 Å². The number of piperazine rings is 1. The first-order chi connectivity index (χ1) is 10.1. The van der Waals surface area contributed by atoms with Crippen LogP contribution in [0.25, 0.3) is 0 Å². The van der Waals surface area contributed by atoms with E-state index < -0.39 is 0 Å². The van der Waals surface area contributed by atoms with Gasteiger partial charge < -0.3 is 20.4 Å². The molecule has 0 saturated carbocycles. The van der Waals surface area contributed by atoms with Gasteiger partial charge in [-0.05, 0) is 45.1 Å². The zero-order valence-electron chi connectivity index (χ0n) is 13.2. The summed E-state index contributed by atoms with van der Waals surface area (Å²) in [5.74, 6) is -0.226. The zero-order valence-corrected chi connectivity index (χ0v) is 13.2. The molecule has 0 aromatic heterocycles. The van der Waals surface area contributed by atoms with E-state index in [2.05, 4.69) is 28.7 Å². The van der Waals surface area contributed by atoms with E-state index in [9.17, 15) is 4.39 Å². The molecular weight excluding hydrogens is 267 g/mol. The molecule has 1 aliphatic heterocycles. The molecule has 1 aromatic rings. The van der Waals surface area contributed by atoms with Crippen LogP contribution in [0.4, 0.5) is 15.8 Å². The van der Waals surface area contributed by atoms with Crippen molar-refractivity contribution in [3.8, 4) is 0 Å². The Hall–Kier alpha value is -1.33. The summed E-state index contributed by atoms with van der Waals surface area (Å²) in [5.41, 5.74) is 6.74. The smallest absolute Gasteiger partial charge is 0.148 e. The first-order valence-corrected chi connectivity index (χ1v) is 7.81. The Kier molecular flexibility index (Phi) is 5.82. The minimum atomic E-state index is -0.226. The summed E-state index contributed by atoms with van der Waals surface area (Å²) in [5, 5.41) is 0. The van der Waals surface area contributed by atoms with Crippen LogP contribution in [0.15, 0.2) is 18.2 Å². The van der Waals surface area contributed by atoms with Crippen LogP contribution in [0.2, 0.25) is 0 Å². The number of rotatable bonds is 6. The molecule has 0 amide bonds. The van der Waals surface area contributed by atoms with Gasteiger partial charge in [-0.15, -0.1) is 0 Å². The van der Waals surface area contributed by atoms with Gasteiger partial charge >= 0.3 is 0 Å². The van der Waals surface area contributed by atoms with Crippen LogP contribution in [0.3, 0.4) is 0 Å². The zero-order chi connectivity index (χ0) is 15.2. The van der Waals surface area contributed by atoms with Crippen molar-refractivity contribution < 1.29 is 4.39 Å². The van der Waals surface area contributed by atoms with Gasteiger partial charge in [0.2, 0.25) is 0 Å². The van der Waals surface area contributed by atoms with Gasteiger partial charge in [0.25, 0.3) is 0 Å². The largest absolute Gasteiger partial charge is 0.399 e. The number of nitrogens with zero attached hydrogens (tertiary/aromatic N) is 3. The summed E-state index contributed by atoms with van der Waals surface area (Å²) in [7, 11) is 2.17. The summed E-state index contributed by atoms with van der Waals surface area (Å²) in [6.45, 7) is 9.39. The molecule has 0 spiro atoms. The van der Waals surface area contributed by atoms with Crippen molar-refractivity contribution in [3.05, 3.63) is 24.0 Å². The van der Waals surface area contributed by atoms with E-state index in [4.69, 9.17) is 5.73 Å². The number of anilines is 2. The molecule has 5 heteroatoms. The van der Waals surface area contributed by atoms with Crippen LogP contribution >= 0.6 is 0 Å². The lowest BCUT2D eigenvalue weighted by Gasteiger charge is -2.33. The third-order valence-electron chi connectivity index (χ3n) is 4.19. The van der Waals surface area contributed by atoms with E-state index in [1.54, 1.807) is 12.1 Å². The molecule has 0 aliphatic carbocycles. The predicted molar refractivity (Wildman–Crippen MR) is 87.3 cm³/mol. The SMILES string of the molecule is CCN(CCCN1CCN(C)CC1)c1ccc(N)cc1F. The third kappa shape index (κ3) is 4.58. The Morgan fingerprint density at radius 3 is 2.57 bits per heavy atom. The molecular formula is C16H27FN4. The Bertz CT molecular complexity index is 444. The highest BCUT2D eigenvalue weighted by Crippen LogP contribution is 2.21. The number of nitrogen functional groups attached to an aromatic ring is 1. The molecule has 4 nitrogen and oxygen atoms in total. The summed E-state index contributed by atoms with van der Waals surface area (Å²) in [6, 6.07) is 4.95. The van der Waals surface area contributed by atoms with Crippen LogP contribution in [0.5, 0.6) is 0 Å². The van der Waals surface area contributed by atoms with Crippen molar-refractivity contribution >= 4 is 11.4 Å². The van der Waals surface area contributed by atoms with Crippen molar-refractivity contribution in [1.29, 1.82) is 0 Å². The van der Waals surface area contributed by atoms with Gasteiger partial charge in [-0.1, -0.05) is 0 Å². The van der Waals surface area contributed by atoms with E-state index >= 15 is 0 Å². The van der Waals surface area contributed by atoms with E-state index in [0.717, 1.165) is 52.2 Å². The number of hydrogen-bond donors (Lipinski definition) is 1. The number of hydrogen-bond acceptors (Lipinski definition) is 4. The molecule has 1 heterocycles. The molecule has 1 aliphatic rings. The van der Waals surface area contributed by atoms with E-state index in [1.165, 1.54) is 6.07 Å². The molecule has 0 unspecified atom stereocenters. The molecule has 0 atom stereocenters. The summed E-state index contributed by atoms with van der Waals surface area (Å²) >= 11 is 0. The fraction of sp³-hybridized carbons (Fsp3) is 0.625. The maximum atomic E-state index is 14.0. The minimum Gasteiger partial charge on any atom is -0.399 e. The normalized spacial score (nSPS) is 17.1. The highest BCUT2D eigenvalue weighted by molar-refractivity contribution is 5.54. The lowest BCUT2D eigenvalue weighted by atomic mass is 10.2. The van der Waals surface area contributed by atoms with Crippen LogP contribution in [-0.2, 0) is 0 Å². The number of likely N-dealkylation sites (N-methyl/N-ethyl adjacent to an activating group) is 1. The summed E-state index contributed by atoms with van der Waals surface area (Å²) < 4.78 is 14.0. The quantitative estimate of drug-likeness (QED) is 0.813. The molecule has 1 aromatic carbocycles. The van der Waals surface area contributed by atoms with Gasteiger partial charge in [0.15, 0.2) is 0 Å². The maximum absolute atomic E-state index is 14.0. The minimum absolute atomic E-state index is 0.226. The van der Waals surface area contributed by atoms with Crippen LogP contribution in [-0.4, -0.2) is 62.7 Å². The predicted octanol–water partition coefficient (Wildman–Crippen LogP) is 1.87. The Morgan fingerprint density at radius 1 is 1.24 bits per heavy atom. The van der Waals surface area contributed by atoms with Crippen LogP contribution in [0, 0.1) is 5.82 Å². The third-order valence-corrected chi connectivity index (χ3v) is 4.19. The fourth-order valence-corrected chi connectivity index (χ4v) is 2.79. The van der Waals surface area contributed by atoms with Crippen molar-refractivity contribution in [2.75, 3.05) is 63.5 Å². The lowest BCUT2D eigenvalue weighted by Crippen LogP contribution is -2.45. The number of halogens is 1. The standard InChI is InChI=1S/C16H27FN4/c1-3-21(16-6-5-14(18)13-15(16)17)8-4-7-20-11-9-19(2)10-12-20/h5-6,13H,3-4,7-12,18H2,1-2H3. The first-order valence-electron chi connectivity index (χ1n) is 7.81. The van der Waals surface area contributed by atoms with Gasteiger partial charge in [-0.3, -0.25) is 0 Å². The van der Waals surface area contributed by atoms with Gasteiger partial charge in [-0.2, -0.15) is 0 Å². The molecule has 0 radical (unpaired) electrons. The van der Waals surface area contributed by atoms with Crippen LogP contribution < -0.4 is 10.6 Å². The molecule has 2 N–H and O–H groups in total. The van der Waals surface area contributed by atoms with Gasteiger partial charge in [0, 0.05) is 45.0 Å². The van der Waals surface area contributed by atoms with Gasteiger partial charge in [-0.25, -0.2) is 4.39 Å².